The van der Waals surface area contributed by atoms with E-state index in [0.717, 1.165) is 24.4 Å². The van der Waals surface area contributed by atoms with E-state index in [1.165, 1.54) is 11.1 Å². The first kappa shape index (κ1) is 25.7. The van der Waals surface area contributed by atoms with Crippen LogP contribution in [0.1, 0.15) is 36.5 Å². The van der Waals surface area contributed by atoms with Crippen molar-refractivity contribution in [1.29, 1.82) is 0 Å². The van der Waals surface area contributed by atoms with E-state index in [2.05, 4.69) is 59.1 Å². The maximum absolute atomic E-state index is 12.1. The van der Waals surface area contributed by atoms with Crippen molar-refractivity contribution in [2.75, 3.05) is 26.7 Å². The van der Waals surface area contributed by atoms with Crippen molar-refractivity contribution < 1.29 is 9.53 Å². The molecule has 0 bridgehead atoms. The van der Waals surface area contributed by atoms with Crippen molar-refractivity contribution in [1.82, 2.24) is 16.0 Å². The summed E-state index contributed by atoms with van der Waals surface area (Å²) in [6.45, 7) is 8.29. The van der Waals surface area contributed by atoms with Crippen LogP contribution in [0.3, 0.4) is 0 Å². The van der Waals surface area contributed by atoms with E-state index in [9.17, 15) is 4.79 Å². The Hall–Kier alpha value is -2.29. The molecule has 1 amide bonds. The molecule has 1 unspecified atom stereocenters. The third-order valence-corrected chi connectivity index (χ3v) is 4.56. The van der Waals surface area contributed by atoms with Crippen LogP contribution >= 0.6 is 24.0 Å². The summed E-state index contributed by atoms with van der Waals surface area (Å²) in [6, 6.07) is 16.1. The van der Waals surface area contributed by atoms with Gasteiger partial charge in [-0.25, -0.2) is 4.99 Å². The Bertz CT molecular complexity index is 809. The molecule has 0 aliphatic carbocycles. The number of hydrogen-bond acceptors (Lipinski definition) is 3. The fourth-order valence-corrected chi connectivity index (χ4v) is 2.84. The lowest BCUT2D eigenvalue weighted by Gasteiger charge is -2.16. The van der Waals surface area contributed by atoms with Crippen LogP contribution < -0.4 is 20.7 Å². The number of guanidine groups is 1. The molecule has 0 heterocycles. The largest absolute Gasteiger partial charge is 0.497 e. The zero-order chi connectivity index (χ0) is 21.1. The minimum Gasteiger partial charge on any atom is -0.497 e. The van der Waals surface area contributed by atoms with E-state index in [1.807, 2.05) is 31.2 Å². The van der Waals surface area contributed by atoms with Crippen molar-refractivity contribution in [2.45, 2.75) is 33.2 Å². The Balaban J connectivity index is 0.00000450. The van der Waals surface area contributed by atoms with Crippen LogP contribution in [0.15, 0.2) is 53.5 Å². The molecule has 0 saturated carbocycles. The number of nitrogens with one attached hydrogen (secondary N) is 3. The van der Waals surface area contributed by atoms with Gasteiger partial charge in [0.05, 0.1) is 7.11 Å². The Morgan fingerprint density at radius 2 is 1.83 bits per heavy atom. The molecule has 7 heteroatoms. The molecule has 0 aromatic heterocycles. The number of hydrogen-bond donors (Lipinski definition) is 3. The summed E-state index contributed by atoms with van der Waals surface area (Å²) in [5.74, 6) is 1.66. The molecule has 30 heavy (non-hydrogen) atoms. The Morgan fingerprint density at radius 3 is 2.47 bits per heavy atom. The van der Waals surface area contributed by atoms with Gasteiger partial charge in [-0.2, -0.15) is 0 Å². The highest BCUT2D eigenvalue weighted by Gasteiger charge is 2.08. The Kier molecular flexibility index (Phi) is 11.9. The van der Waals surface area contributed by atoms with Gasteiger partial charge in [0.15, 0.2) is 5.96 Å². The second kappa shape index (κ2) is 13.8. The predicted octanol–water partition coefficient (Wildman–Crippen LogP) is 3.60. The van der Waals surface area contributed by atoms with Gasteiger partial charge < -0.3 is 20.7 Å². The Labute approximate surface area is 196 Å². The number of halogens is 1. The topological polar surface area (TPSA) is 74.8 Å². The van der Waals surface area contributed by atoms with Crippen LogP contribution in [-0.4, -0.2) is 38.6 Å². The zero-order valence-corrected chi connectivity index (χ0v) is 20.5. The van der Waals surface area contributed by atoms with Gasteiger partial charge in [-0.15, -0.1) is 24.0 Å². The van der Waals surface area contributed by atoms with Crippen LogP contribution in [0, 0.1) is 6.92 Å². The van der Waals surface area contributed by atoms with Gasteiger partial charge in [-0.3, -0.25) is 4.79 Å². The minimum absolute atomic E-state index is 0. The fourth-order valence-electron chi connectivity index (χ4n) is 2.84. The number of aliphatic imine (C=N–C) groups is 1. The molecule has 1 atom stereocenters. The highest BCUT2D eigenvalue weighted by atomic mass is 127. The first-order valence-electron chi connectivity index (χ1n) is 10.00. The molecular weight excluding hydrogens is 491 g/mol. The van der Waals surface area contributed by atoms with Gasteiger partial charge in [-0.1, -0.05) is 48.9 Å². The van der Waals surface area contributed by atoms with E-state index >= 15 is 0 Å². The number of rotatable bonds is 9. The number of aryl methyl sites for hydroxylation is 1. The molecule has 164 valence electrons. The van der Waals surface area contributed by atoms with Crippen molar-refractivity contribution in [3.63, 3.8) is 0 Å². The monoisotopic (exact) mass is 524 g/mol. The third kappa shape index (κ3) is 9.02. The SMILES string of the molecule is CCNC(=NCC(=O)NCc1ccc(OC)cc1)NCC(C)c1cccc(C)c1.I. The fraction of sp³-hybridized carbons (Fsp3) is 0.391. The van der Waals surface area contributed by atoms with Crippen LogP contribution in [0.5, 0.6) is 5.75 Å². The summed E-state index contributed by atoms with van der Waals surface area (Å²) in [6.07, 6.45) is 0. The molecule has 2 aromatic carbocycles. The Morgan fingerprint density at radius 1 is 1.10 bits per heavy atom. The molecule has 0 aliphatic heterocycles. The van der Waals surface area contributed by atoms with Gasteiger partial charge in [0.1, 0.15) is 12.3 Å². The van der Waals surface area contributed by atoms with Crippen molar-refractivity contribution in [3.8, 4) is 5.75 Å². The van der Waals surface area contributed by atoms with Crippen molar-refractivity contribution >= 4 is 35.8 Å². The third-order valence-electron chi connectivity index (χ3n) is 4.56. The summed E-state index contributed by atoms with van der Waals surface area (Å²) >= 11 is 0. The number of nitrogens with zero attached hydrogens (tertiary/aromatic N) is 1. The molecule has 6 nitrogen and oxygen atoms in total. The predicted molar refractivity (Wildman–Crippen MR) is 134 cm³/mol. The van der Waals surface area contributed by atoms with Gasteiger partial charge >= 0.3 is 0 Å². The second-order valence-corrected chi connectivity index (χ2v) is 7.02. The molecule has 2 aromatic rings. The first-order valence-corrected chi connectivity index (χ1v) is 10.00. The number of carbonyl (C=O) groups excluding carboxylic acids is 1. The average molecular weight is 524 g/mol. The van der Waals surface area contributed by atoms with Gasteiger partial charge in [0, 0.05) is 19.6 Å². The van der Waals surface area contributed by atoms with Crippen LogP contribution in [-0.2, 0) is 11.3 Å². The van der Waals surface area contributed by atoms with E-state index in [1.54, 1.807) is 7.11 Å². The number of ether oxygens (including phenoxy) is 1. The van der Waals surface area contributed by atoms with Crippen LogP contribution in [0.2, 0.25) is 0 Å². The summed E-state index contributed by atoms with van der Waals surface area (Å²) in [5, 5.41) is 9.40. The summed E-state index contributed by atoms with van der Waals surface area (Å²) in [4.78, 5) is 16.5. The van der Waals surface area contributed by atoms with Gasteiger partial charge in [-0.05, 0) is 43.0 Å². The quantitative estimate of drug-likeness (QED) is 0.266. The van der Waals surface area contributed by atoms with E-state index in [-0.39, 0.29) is 36.4 Å². The molecule has 3 N–H and O–H groups in total. The van der Waals surface area contributed by atoms with Gasteiger partial charge in [0.2, 0.25) is 5.91 Å². The summed E-state index contributed by atoms with van der Waals surface area (Å²) in [7, 11) is 1.63. The average Bonchev–Trinajstić information content (AvgIpc) is 2.74. The molecule has 0 aliphatic rings. The normalized spacial score (nSPS) is 11.8. The van der Waals surface area contributed by atoms with Crippen molar-refractivity contribution in [3.05, 3.63) is 65.2 Å². The second-order valence-electron chi connectivity index (χ2n) is 7.02. The van der Waals surface area contributed by atoms with Crippen LogP contribution in [0.25, 0.3) is 0 Å². The molecule has 0 spiro atoms. The minimum atomic E-state index is -0.121. The standard InChI is InChI=1S/C23H32N4O2.HI/c1-5-24-23(26-14-18(3)20-8-6-7-17(2)13-20)27-16-22(28)25-15-19-9-11-21(29-4)12-10-19;/h6-13,18H,5,14-16H2,1-4H3,(H,25,28)(H2,24,26,27);1H. The number of carbonyl (C=O) groups is 1. The molecular formula is C23H33IN4O2. The highest BCUT2D eigenvalue weighted by molar-refractivity contribution is 14.0. The van der Waals surface area contributed by atoms with E-state index in [0.29, 0.717) is 18.4 Å². The van der Waals surface area contributed by atoms with E-state index < -0.39 is 0 Å². The van der Waals surface area contributed by atoms with Crippen molar-refractivity contribution in [2.24, 2.45) is 4.99 Å². The summed E-state index contributed by atoms with van der Waals surface area (Å²) in [5.41, 5.74) is 3.55. The molecule has 0 saturated heterocycles. The lowest BCUT2D eigenvalue weighted by Crippen LogP contribution is -2.40. The smallest absolute Gasteiger partial charge is 0.242 e. The van der Waals surface area contributed by atoms with Gasteiger partial charge in [0.25, 0.3) is 0 Å². The molecule has 0 fully saturated rings. The summed E-state index contributed by atoms with van der Waals surface area (Å²) < 4.78 is 5.14. The maximum atomic E-state index is 12.1. The first-order chi connectivity index (χ1) is 14.0. The number of methoxy groups -OCH3 is 1. The number of amides is 1. The lowest BCUT2D eigenvalue weighted by molar-refractivity contribution is -0.119. The zero-order valence-electron chi connectivity index (χ0n) is 18.2. The molecule has 2 rings (SSSR count). The maximum Gasteiger partial charge on any atom is 0.242 e. The van der Waals surface area contributed by atoms with Crippen LogP contribution in [0.4, 0.5) is 0 Å². The lowest BCUT2D eigenvalue weighted by atomic mass is 9.99. The van der Waals surface area contributed by atoms with E-state index in [4.69, 9.17) is 4.74 Å². The molecule has 0 radical (unpaired) electrons. The number of benzene rings is 2. The highest BCUT2D eigenvalue weighted by Crippen LogP contribution is 2.15.